The minimum absolute atomic E-state index is 1.27. The van der Waals surface area contributed by atoms with E-state index >= 15 is 0 Å². The maximum atomic E-state index is 2.37. The molecule has 0 N–H and O–H groups in total. The zero-order valence-electron chi connectivity index (χ0n) is 19.4. The van der Waals surface area contributed by atoms with Crippen molar-refractivity contribution in [2.75, 3.05) is 6.16 Å². The molecule has 0 heterocycles. The van der Waals surface area contributed by atoms with E-state index in [9.17, 15) is 0 Å². The highest BCUT2D eigenvalue weighted by molar-refractivity contribution is 7.95. The van der Waals surface area contributed by atoms with Gasteiger partial charge in [0.1, 0.15) is 23.2 Å². The fourth-order valence-electron chi connectivity index (χ4n) is 4.72. The van der Waals surface area contributed by atoms with Gasteiger partial charge in [0, 0.05) is 0 Å². The summed E-state index contributed by atoms with van der Waals surface area (Å²) in [7, 11) is -1.63. The predicted molar refractivity (Wildman–Crippen MR) is 142 cm³/mol. The van der Waals surface area contributed by atoms with E-state index in [4.69, 9.17) is 0 Å². The largest absolute Gasteiger partial charge is 0.112 e. The van der Waals surface area contributed by atoms with Crippen LogP contribution < -0.4 is 15.9 Å². The Morgan fingerprint density at radius 1 is 0.419 bits per heavy atom. The van der Waals surface area contributed by atoms with Crippen molar-refractivity contribution in [1.29, 1.82) is 0 Å². The van der Waals surface area contributed by atoms with Gasteiger partial charge in [-0.3, -0.25) is 0 Å². The zero-order valence-corrected chi connectivity index (χ0v) is 20.3. The van der Waals surface area contributed by atoms with Crippen molar-refractivity contribution in [2.45, 2.75) is 71.1 Å². The molecule has 3 aromatic rings. The molecule has 0 fully saturated rings. The first kappa shape index (κ1) is 23.7. The molecule has 0 amide bonds. The molecule has 31 heavy (non-hydrogen) atoms. The summed E-state index contributed by atoms with van der Waals surface area (Å²) in [5.74, 6) is 0. The van der Waals surface area contributed by atoms with Crippen LogP contribution >= 0.6 is 7.26 Å². The lowest BCUT2D eigenvalue weighted by Gasteiger charge is -2.27. The lowest BCUT2D eigenvalue weighted by atomic mass is 10.1. The third-order valence-electron chi connectivity index (χ3n) is 6.44. The van der Waals surface area contributed by atoms with Gasteiger partial charge in [-0.1, -0.05) is 113 Å². The highest BCUT2D eigenvalue weighted by Gasteiger charge is 2.44. The summed E-state index contributed by atoms with van der Waals surface area (Å²) >= 11 is 0. The van der Waals surface area contributed by atoms with Crippen molar-refractivity contribution < 1.29 is 0 Å². The van der Waals surface area contributed by atoms with Crippen LogP contribution in [0.1, 0.15) is 71.1 Å². The molecule has 0 nitrogen and oxygen atoms in total. The Morgan fingerprint density at radius 3 is 1.10 bits per heavy atom. The van der Waals surface area contributed by atoms with Crippen LogP contribution in [0.2, 0.25) is 0 Å². The van der Waals surface area contributed by atoms with Gasteiger partial charge in [-0.25, -0.2) is 0 Å². The molecule has 0 aromatic heterocycles. The Morgan fingerprint density at radius 2 is 0.742 bits per heavy atom. The number of hydrogen-bond donors (Lipinski definition) is 0. The summed E-state index contributed by atoms with van der Waals surface area (Å²) in [6.45, 7) is 2.29. The molecule has 0 saturated carbocycles. The van der Waals surface area contributed by atoms with Crippen molar-refractivity contribution >= 4 is 23.2 Å². The van der Waals surface area contributed by atoms with E-state index in [0.717, 1.165) is 0 Å². The van der Waals surface area contributed by atoms with Crippen molar-refractivity contribution in [3.8, 4) is 0 Å². The molecule has 0 spiro atoms. The fourth-order valence-corrected chi connectivity index (χ4v) is 9.13. The molecule has 0 aliphatic rings. The average molecular weight is 432 g/mol. The molecular formula is C30H40P+. The SMILES string of the molecule is CCCCCCCCCCCC[P+](c1ccccc1)(c1ccccc1)c1ccccc1. The minimum Gasteiger partial charge on any atom is -0.0654 e. The summed E-state index contributed by atoms with van der Waals surface area (Å²) in [4.78, 5) is 0. The van der Waals surface area contributed by atoms with Crippen LogP contribution in [-0.4, -0.2) is 6.16 Å². The van der Waals surface area contributed by atoms with Crippen LogP contribution in [0, 0.1) is 0 Å². The number of benzene rings is 3. The summed E-state index contributed by atoms with van der Waals surface area (Å²) in [5, 5.41) is 4.55. The van der Waals surface area contributed by atoms with Crippen molar-refractivity contribution in [3.63, 3.8) is 0 Å². The number of rotatable bonds is 14. The molecule has 164 valence electrons. The smallest absolute Gasteiger partial charge is 0.0654 e. The van der Waals surface area contributed by atoms with Crippen LogP contribution in [0.5, 0.6) is 0 Å². The second-order valence-electron chi connectivity index (χ2n) is 8.72. The van der Waals surface area contributed by atoms with Crippen LogP contribution in [0.4, 0.5) is 0 Å². The molecule has 0 radical (unpaired) electrons. The van der Waals surface area contributed by atoms with Gasteiger partial charge in [-0.05, 0) is 49.2 Å². The molecule has 0 aliphatic heterocycles. The molecule has 0 aliphatic carbocycles. The van der Waals surface area contributed by atoms with E-state index < -0.39 is 7.26 Å². The fraction of sp³-hybridized carbons (Fsp3) is 0.400. The molecule has 3 aromatic carbocycles. The molecule has 0 saturated heterocycles. The maximum Gasteiger partial charge on any atom is 0.112 e. The van der Waals surface area contributed by atoms with Crippen LogP contribution in [0.3, 0.4) is 0 Å². The molecule has 0 unspecified atom stereocenters. The van der Waals surface area contributed by atoms with Gasteiger partial charge in [0.15, 0.2) is 0 Å². The first-order valence-electron chi connectivity index (χ1n) is 12.4. The van der Waals surface area contributed by atoms with Crippen molar-refractivity contribution in [3.05, 3.63) is 91.0 Å². The van der Waals surface area contributed by atoms with E-state index in [-0.39, 0.29) is 0 Å². The normalized spacial score (nSPS) is 11.5. The summed E-state index contributed by atoms with van der Waals surface area (Å²) in [6.07, 6.45) is 15.2. The topological polar surface area (TPSA) is 0 Å². The summed E-state index contributed by atoms with van der Waals surface area (Å²) in [5.41, 5.74) is 0. The third kappa shape index (κ3) is 6.78. The highest BCUT2D eigenvalue weighted by Crippen LogP contribution is 2.55. The van der Waals surface area contributed by atoms with Crippen LogP contribution in [0.15, 0.2) is 91.0 Å². The first-order valence-corrected chi connectivity index (χ1v) is 14.4. The monoisotopic (exact) mass is 431 g/mol. The average Bonchev–Trinajstić information content (AvgIpc) is 2.84. The Hall–Kier alpha value is -1.91. The van der Waals surface area contributed by atoms with Gasteiger partial charge in [-0.15, -0.1) is 0 Å². The maximum absolute atomic E-state index is 2.37. The van der Waals surface area contributed by atoms with E-state index in [1.54, 1.807) is 0 Å². The lowest BCUT2D eigenvalue weighted by molar-refractivity contribution is 0.563. The second kappa shape index (κ2) is 13.5. The van der Waals surface area contributed by atoms with Gasteiger partial charge in [-0.2, -0.15) is 0 Å². The molecular weight excluding hydrogens is 391 g/mol. The first-order chi connectivity index (χ1) is 15.4. The minimum atomic E-state index is -1.63. The molecule has 3 rings (SSSR count). The van der Waals surface area contributed by atoms with Crippen molar-refractivity contribution in [2.24, 2.45) is 0 Å². The standard InChI is InChI=1S/C30H40P/c1-2-3-4-5-6-7-8-9-10-20-27-31(28-21-14-11-15-22-28,29-23-16-12-17-24-29)30-25-18-13-19-26-30/h11-19,21-26H,2-10,20,27H2,1H3/q+1. The Balaban J connectivity index is 1.70. The van der Waals surface area contributed by atoms with Gasteiger partial charge in [0.05, 0.1) is 6.16 Å². The molecule has 1 heteroatoms. The van der Waals surface area contributed by atoms with Gasteiger partial charge in [0.2, 0.25) is 0 Å². The Kier molecular flexibility index (Phi) is 10.3. The molecule has 0 atom stereocenters. The van der Waals surface area contributed by atoms with Crippen molar-refractivity contribution in [1.82, 2.24) is 0 Å². The van der Waals surface area contributed by atoms with Crippen LogP contribution in [-0.2, 0) is 0 Å². The summed E-state index contributed by atoms with van der Waals surface area (Å²) < 4.78 is 0. The number of unbranched alkanes of at least 4 members (excludes halogenated alkanes) is 9. The van der Waals surface area contributed by atoms with Gasteiger partial charge < -0.3 is 0 Å². The van der Waals surface area contributed by atoms with Gasteiger partial charge >= 0.3 is 0 Å². The van der Waals surface area contributed by atoms with Crippen LogP contribution in [0.25, 0.3) is 0 Å². The Bertz CT molecular complexity index is 729. The number of hydrogen-bond acceptors (Lipinski definition) is 0. The van der Waals surface area contributed by atoms with Gasteiger partial charge in [0.25, 0.3) is 0 Å². The third-order valence-corrected chi connectivity index (χ3v) is 11.0. The highest BCUT2D eigenvalue weighted by atomic mass is 31.2. The lowest BCUT2D eigenvalue weighted by Crippen LogP contribution is -2.33. The van der Waals surface area contributed by atoms with E-state index in [1.807, 2.05) is 0 Å². The summed E-state index contributed by atoms with van der Waals surface area (Å²) in [6, 6.07) is 33.9. The van der Waals surface area contributed by atoms with E-state index in [1.165, 1.54) is 86.3 Å². The second-order valence-corrected chi connectivity index (χ2v) is 12.3. The predicted octanol–water partition coefficient (Wildman–Crippen LogP) is 7.90. The Labute approximate surface area is 191 Å². The molecule has 0 bridgehead atoms. The van der Waals surface area contributed by atoms with E-state index in [2.05, 4.69) is 97.9 Å². The zero-order chi connectivity index (χ0) is 21.6. The quantitative estimate of drug-likeness (QED) is 0.180. The van der Waals surface area contributed by atoms with E-state index in [0.29, 0.717) is 0 Å².